The van der Waals surface area contributed by atoms with Crippen molar-refractivity contribution in [1.29, 1.82) is 0 Å². The number of amides is 1. The second-order valence-corrected chi connectivity index (χ2v) is 5.93. The van der Waals surface area contributed by atoms with Crippen molar-refractivity contribution in [2.45, 2.75) is 25.8 Å². The standard InChI is InChI=1S/C17H23N3O/c1-14(16-8-4-5-9-18-16)19-10-12-20(13-11-19)17(21)15-6-2-3-7-15/h2-5,8-9,14-15H,6-7,10-13H2,1H3/t14-/m0/s1. The first-order valence-corrected chi connectivity index (χ1v) is 7.84. The van der Waals surface area contributed by atoms with Crippen LogP contribution in [0.4, 0.5) is 0 Å². The Balaban J connectivity index is 1.54. The van der Waals surface area contributed by atoms with E-state index in [9.17, 15) is 4.79 Å². The lowest BCUT2D eigenvalue weighted by Gasteiger charge is -2.38. The maximum Gasteiger partial charge on any atom is 0.226 e. The third-order valence-corrected chi connectivity index (χ3v) is 4.65. The molecule has 1 aromatic heterocycles. The number of hydrogen-bond acceptors (Lipinski definition) is 3. The Kier molecular flexibility index (Phi) is 4.34. The van der Waals surface area contributed by atoms with Crippen molar-refractivity contribution in [2.75, 3.05) is 26.2 Å². The molecule has 2 aliphatic rings. The highest BCUT2D eigenvalue weighted by molar-refractivity contribution is 5.79. The minimum atomic E-state index is 0.199. The summed E-state index contributed by atoms with van der Waals surface area (Å²) in [5.74, 6) is 0.537. The Bertz CT molecular complexity index is 498. The van der Waals surface area contributed by atoms with Crippen molar-refractivity contribution in [3.8, 4) is 0 Å². The van der Waals surface area contributed by atoms with Crippen LogP contribution >= 0.6 is 0 Å². The molecule has 0 bridgehead atoms. The van der Waals surface area contributed by atoms with Gasteiger partial charge < -0.3 is 4.90 Å². The number of rotatable bonds is 3. The number of allylic oxidation sites excluding steroid dienone is 2. The zero-order chi connectivity index (χ0) is 14.7. The van der Waals surface area contributed by atoms with Crippen LogP contribution in [-0.2, 0) is 4.79 Å². The average molecular weight is 285 g/mol. The predicted octanol–water partition coefficient (Wildman–Crippen LogP) is 2.25. The zero-order valence-electron chi connectivity index (χ0n) is 12.6. The fraction of sp³-hybridized carbons (Fsp3) is 0.529. The maximum absolute atomic E-state index is 12.4. The van der Waals surface area contributed by atoms with E-state index >= 15 is 0 Å². The smallest absolute Gasteiger partial charge is 0.226 e. The van der Waals surface area contributed by atoms with Crippen LogP contribution in [0.2, 0.25) is 0 Å². The van der Waals surface area contributed by atoms with Gasteiger partial charge in [0.15, 0.2) is 0 Å². The Morgan fingerprint density at radius 2 is 1.90 bits per heavy atom. The van der Waals surface area contributed by atoms with Gasteiger partial charge in [0.25, 0.3) is 0 Å². The van der Waals surface area contributed by atoms with Crippen molar-refractivity contribution >= 4 is 5.91 Å². The maximum atomic E-state index is 12.4. The Morgan fingerprint density at radius 1 is 1.19 bits per heavy atom. The number of nitrogens with zero attached hydrogens (tertiary/aromatic N) is 3. The number of aromatic nitrogens is 1. The number of pyridine rings is 1. The first-order chi connectivity index (χ1) is 10.3. The lowest BCUT2D eigenvalue weighted by molar-refractivity contribution is -0.137. The average Bonchev–Trinajstić information content (AvgIpc) is 3.09. The van der Waals surface area contributed by atoms with Crippen molar-refractivity contribution in [1.82, 2.24) is 14.8 Å². The molecule has 4 heteroatoms. The molecule has 1 amide bonds. The number of hydrogen-bond donors (Lipinski definition) is 0. The molecule has 1 fully saturated rings. The van der Waals surface area contributed by atoms with Crippen molar-refractivity contribution < 1.29 is 4.79 Å². The molecule has 0 spiro atoms. The molecule has 21 heavy (non-hydrogen) atoms. The highest BCUT2D eigenvalue weighted by atomic mass is 16.2. The third kappa shape index (κ3) is 3.16. The summed E-state index contributed by atoms with van der Waals surface area (Å²) in [6, 6.07) is 6.37. The van der Waals surface area contributed by atoms with E-state index in [1.807, 2.05) is 23.2 Å². The lowest BCUT2D eigenvalue weighted by atomic mass is 10.0. The molecule has 0 N–H and O–H groups in total. The highest BCUT2D eigenvalue weighted by Gasteiger charge is 2.29. The molecule has 1 aliphatic heterocycles. The Morgan fingerprint density at radius 3 is 2.52 bits per heavy atom. The molecular weight excluding hydrogens is 262 g/mol. The number of carbonyl (C=O) groups is 1. The zero-order valence-corrected chi connectivity index (χ0v) is 12.6. The fourth-order valence-electron chi connectivity index (χ4n) is 3.22. The molecule has 4 nitrogen and oxygen atoms in total. The number of piperazine rings is 1. The summed E-state index contributed by atoms with van der Waals surface area (Å²) in [6.07, 6.45) is 7.94. The van der Waals surface area contributed by atoms with Gasteiger partial charge >= 0.3 is 0 Å². The van der Waals surface area contributed by atoms with Gasteiger partial charge in [-0.3, -0.25) is 14.7 Å². The van der Waals surface area contributed by atoms with E-state index in [1.165, 1.54) is 0 Å². The van der Waals surface area contributed by atoms with Crippen LogP contribution in [0.5, 0.6) is 0 Å². The normalized spacial score (nSPS) is 21.7. The van der Waals surface area contributed by atoms with Crippen LogP contribution in [0.3, 0.4) is 0 Å². The largest absolute Gasteiger partial charge is 0.340 e. The summed E-state index contributed by atoms with van der Waals surface area (Å²) < 4.78 is 0. The van der Waals surface area contributed by atoms with E-state index in [-0.39, 0.29) is 5.92 Å². The van der Waals surface area contributed by atoms with Gasteiger partial charge in [0, 0.05) is 44.3 Å². The van der Waals surface area contributed by atoms with Gasteiger partial charge in [0.1, 0.15) is 0 Å². The van der Waals surface area contributed by atoms with Crippen LogP contribution in [0.25, 0.3) is 0 Å². The van der Waals surface area contributed by atoms with E-state index in [0.29, 0.717) is 11.9 Å². The molecular formula is C17H23N3O. The summed E-state index contributed by atoms with van der Waals surface area (Å²) >= 11 is 0. The SMILES string of the molecule is C[C@@H](c1ccccn1)N1CCN(C(=O)C2CC=CC2)CC1. The molecule has 1 aromatic rings. The summed E-state index contributed by atoms with van der Waals surface area (Å²) in [7, 11) is 0. The monoisotopic (exact) mass is 285 g/mol. The van der Waals surface area contributed by atoms with Crippen LogP contribution in [0, 0.1) is 5.92 Å². The van der Waals surface area contributed by atoms with E-state index in [0.717, 1.165) is 44.7 Å². The first kappa shape index (κ1) is 14.3. The van der Waals surface area contributed by atoms with Gasteiger partial charge in [0.2, 0.25) is 5.91 Å². The molecule has 112 valence electrons. The van der Waals surface area contributed by atoms with Crippen LogP contribution in [-0.4, -0.2) is 46.9 Å². The van der Waals surface area contributed by atoms with Gasteiger partial charge in [0.05, 0.1) is 5.69 Å². The minimum Gasteiger partial charge on any atom is -0.340 e. The van der Waals surface area contributed by atoms with Crippen molar-refractivity contribution in [3.05, 3.63) is 42.2 Å². The predicted molar refractivity (Wildman–Crippen MR) is 82.7 cm³/mol. The molecule has 0 saturated carbocycles. The van der Waals surface area contributed by atoms with Gasteiger partial charge in [-0.1, -0.05) is 18.2 Å². The molecule has 0 radical (unpaired) electrons. The van der Waals surface area contributed by atoms with Gasteiger partial charge in [-0.15, -0.1) is 0 Å². The molecule has 1 aliphatic carbocycles. The van der Waals surface area contributed by atoms with E-state index in [2.05, 4.69) is 35.0 Å². The molecule has 1 saturated heterocycles. The molecule has 0 aromatic carbocycles. The van der Waals surface area contributed by atoms with Crippen LogP contribution in [0.1, 0.15) is 31.5 Å². The first-order valence-electron chi connectivity index (χ1n) is 7.84. The quantitative estimate of drug-likeness (QED) is 0.799. The molecule has 1 atom stereocenters. The summed E-state index contributed by atoms with van der Waals surface area (Å²) in [5, 5.41) is 0. The van der Waals surface area contributed by atoms with Crippen LogP contribution < -0.4 is 0 Å². The topological polar surface area (TPSA) is 36.4 Å². The van der Waals surface area contributed by atoms with E-state index < -0.39 is 0 Å². The van der Waals surface area contributed by atoms with Gasteiger partial charge in [-0.05, 0) is 31.9 Å². The summed E-state index contributed by atoms with van der Waals surface area (Å²) in [4.78, 5) is 21.3. The van der Waals surface area contributed by atoms with E-state index in [1.54, 1.807) is 0 Å². The Labute approximate surface area is 126 Å². The molecule has 2 heterocycles. The molecule has 0 unspecified atom stereocenters. The summed E-state index contributed by atoms with van der Waals surface area (Å²) in [5.41, 5.74) is 1.11. The van der Waals surface area contributed by atoms with Gasteiger partial charge in [-0.2, -0.15) is 0 Å². The third-order valence-electron chi connectivity index (χ3n) is 4.65. The van der Waals surface area contributed by atoms with Crippen molar-refractivity contribution in [2.24, 2.45) is 5.92 Å². The fourth-order valence-corrected chi connectivity index (χ4v) is 3.22. The van der Waals surface area contributed by atoms with Crippen LogP contribution in [0.15, 0.2) is 36.5 Å². The van der Waals surface area contributed by atoms with Crippen molar-refractivity contribution in [3.63, 3.8) is 0 Å². The second-order valence-electron chi connectivity index (χ2n) is 5.93. The molecule has 3 rings (SSSR count). The minimum absolute atomic E-state index is 0.199. The Hall–Kier alpha value is -1.68. The highest BCUT2D eigenvalue weighted by Crippen LogP contribution is 2.23. The second kappa shape index (κ2) is 6.39. The van der Waals surface area contributed by atoms with Gasteiger partial charge in [-0.25, -0.2) is 0 Å². The lowest BCUT2D eigenvalue weighted by Crippen LogP contribution is -2.50. The summed E-state index contributed by atoms with van der Waals surface area (Å²) in [6.45, 7) is 5.74. The number of carbonyl (C=O) groups excluding carboxylic acids is 1. The van der Waals surface area contributed by atoms with E-state index in [4.69, 9.17) is 0 Å².